The van der Waals surface area contributed by atoms with Crippen molar-refractivity contribution in [2.24, 2.45) is 0 Å². The summed E-state index contributed by atoms with van der Waals surface area (Å²) in [6.07, 6.45) is 19.0. The molecule has 3 aromatic carbocycles. The van der Waals surface area contributed by atoms with Gasteiger partial charge in [-0.25, -0.2) is 8.42 Å². The highest BCUT2D eigenvalue weighted by atomic mass is 32.2. The first-order valence-electron chi connectivity index (χ1n) is 15.5. The average Bonchev–Trinajstić information content (AvgIpc) is 2.93. The van der Waals surface area contributed by atoms with Crippen LogP contribution in [0.4, 0.5) is 22.7 Å². The number of unbranched alkanes of at least 4 members (excludes halogenated alkanes) is 10. The minimum absolute atomic E-state index is 0.560. The van der Waals surface area contributed by atoms with Crippen molar-refractivity contribution in [3.05, 3.63) is 83.9 Å². The third-order valence-corrected chi connectivity index (χ3v) is 8.04. The van der Waals surface area contributed by atoms with Crippen molar-refractivity contribution < 1.29 is 8.42 Å². The van der Waals surface area contributed by atoms with E-state index in [9.17, 15) is 8.42 Å². The van der Waals surface area contributed by atoms with Crippen LogP contribution in [0, 0.1) is 0 Å². The molecule has 0 heterocycles. The van der Waals surface area contributed by atoms with E-state index in [4.69, 9.17) is 0 Å². The number of aryl methyl sites for hydroxylation is 2. The lowest BCUT2D eigenvalue weighted by atomic mass is 10.0. The Morgan fingerprint density at radius 3 is 1.48 bits per heavy atom. The highest BCUT2D eigenvalue weighted by Crippen LogP contribution is 2.36. The lowest BCUT2D eigenvalue weighted by molar-refractivity contribution is 0.607. The fourth-order valence-electron chi connectivity index (χ4n) is 5.21. The molecule has 4 nitrogen and oxygen atoms in total. The zero-order valence-corrected chi connectivity index (χ0v) is 25.8. The summed E-state index contributed by atoms with van der Waals surface area (Å²) in [7, 11) is -3.36. The topological polar surface area (TPSA) is 49.4 Å². The molecule has 3 rings (SSSR count). The fourth-order valence-corrected chi connectivity index (χ4v) is 5.77. The molecule has 0 unspecified atom stereocenters. The highest BCUT2D eigenvalue weighted by molar-refractivity contribution is 7.92. The summed E-state index contributed by atoms with van der Waals surface area (Å²) in [5, 5.41) is 0. The van der Waals surface area contributed by atoms with Crippen LogP contribution in [0.3, 0.4) is 0 Å². The summed E-state index contributed by atoms with van der Waals surface area (Å²) in [4.78, 5) is 2.20. The molecule has 5 heteroatoms. The molecule has 0 amide bonds. The summed E-state index contributed by atoms with van der Waals surface area (Å²) >= 11 is 0. The molecule has 0 bridgehead atoms. The molecule has 0 radical (unpaired) electrons. The molecular weight excluding hydrogens is 512 g/mol. The molecule has 0 atom stereocenters. The summed E-state index contributed by atoms with van der Waals surface area (Å²) in [5.74, 6) is 0. The predicted molar refractivity (Wildman–Crippen MR) is 174 cm³/mol. The third kappa shape index (κ3) is 11.4. The van der Waals surface area contributed by atoms with Gasteiger partial charge in [-0.05, 0) is 79.3 Å². The zero-order chi connectivity index (χ0) is 28.6. The Bertz CT molecular complexity index is 1160. The van der Waals surface area contributed by atoms with Crippen LogP contribution in [-0.2, 0) is 22.9 Å². The molecular formula is C35H50N2O2S. The Morgan fingerprint density at radius 2 is 1.02 bits per heavy atom. The normalized spacial score (nSPS) is 11.5. The van der Waals surface area contributed by atoms with E-state index in [2.05, 4.69) is 72.0 Å². The quantitative estimate of drug-likeness (QED) is 0.148. The zero-order valence-electron chi connectivity index (χ0n) is 25.0. The van der Waals surface area contributed by atoms with Gasteiger partial charge >= 0.3 is 0 Å². The largest absolute Gasteiger partial charge is 0.310 e. The van der Waals surface area contributed by atoms with Crippen LogP contribution in [0.1, 0.15) is 102 Å². The van der Waals surface area contributed by atoms with Gasteiger partial charge in [-0.1, -0.05) is 108 Å². The minimum atomic E-state index is -3.36. The second-order valence-corrected chi connectivity index (χ2v) is 12.9. The number of hydrogen-bond donors (Lipinski definition) is 1. The first-order chi connectivity index (χ1) is 19.4. The standard InChI is InChI=1S/C35H50N2O2S/c1-4-6-8-10-12-14-17-30-21-25-33(26-22-30)37(35-20-16-19-32(29-35)36-40(3,38)39)34-27-23-31(24-28-34)18-15-13-11-9-7-5-2/h16,19-29,36H,4-15,17-18H2,1-3H3. The Labute approximate surface area is 244 Å². The summed E-state index contributed by atoms with van der Waals surface area (Å²) in [5.41, 5.74) is 6.33. The van der Waals surface area contributed by atoms with Crippen molar-refractivity contribution >= 4 is 32.8 Å². The van der Waals surface area contributed by atoms with Crippen LogP contribution in [0.5, 0.6) is 0 Å². The Balaban J connectivity index is 1.76. The lowest BCUT2D eigenvalue weighted by Gasteiger charge is -2.26. The maximum atomic E-state index is 11.9. The maximum absolute atomic E-state index is 11.9. The molecule has 0 saturated heterocycles. The molecule has 0 aromatic heterocycles. The van der Waals surface area contributed by atoms with Crippen molar-refractivity contribution in [2.75, 3.05) is 15.9 Å². The van der Waals surface area contributed by atoms with E-state index in [0.29, 0.717) is 5.69 Å². The van der Waals surface area contributed by atoms with Gasteiger partial charge in [0, 0.05) is 17.1 Å². The van der Waals surface area contributed by atoms with E-state index in [0.717, 1.165) is 29.9 Å². The van der Waals surface area contributed by atoms with Gasteiger partial charge in [-0.15, -0.1) is 0 Å². The van der Waals surface area contributed by atoms with Crippen molar-refractivity contribution in [1.29, 1.82) is 0 Å². The SMILES string of the molecule is CCCCCCCCc1ccc(N(c2ccc(CCCCCCCC)cc2)c2cccc(NS(C)(=O)=O)c2)cc1. The van der Waals surface area contributed by atoms with Gasteiger partial charge in [0.2, 0.25) is 10.0 Å². The number of benzene rings is 3. The van der Waals surface area contributed by atoms with E-state index >= 15 is 0 Å². The number of anilines is 4. The van der Waals surface area contributed by atoms with Crippen LogP contribution in [0.25, 0.3) is 0 Å². The van der Waals surface area contributed by atoms with Gasteiger partial charge in [-0.3, -0.25) is 4.72 Å². The van der Waals surface area contributed by atoms with Crippen LogP contribution < -0.4 is 9.62 Å². The lowest BCUT2D eigenvalue weighted by Crippen LogP contribution is -2.12. The van der Waals surface area contributed by atoms with Crippen LogP contribution in [0.15, 0.2) is 72.8 Å². The van der Waals surface area contributed by atoms with E-state index in [1.165, 1.54) is 94.4 Å². The first-order valence-corrected chi connectivity index (χ1v) is 17.3. The first kappa shape index (κ1) is 31.7. The smallest absolute Gasteiger partial charge is 0.229 e. The number of hydrogen-bond acceptors (Lipinski definition) is 3. The molecule has 0 aliphatic heterocycles. The second-order valence-electron chi connectivity index (χ2n) is 11.1. The Hall–Kier alpha value is -2.79. The molecule has 1 N–H and O–H groups in total. The Kier molecular flexibility index (Phi) is 13.6. The van der Waals surface area contributed by atoms with E-state index in [1.807, 2.05) is 18.2 Å². The third-order valence-electron chi connectivity index (χ3n) is 7.43. The fraction of sp³-hybridized carbons (Fsp3) is 0.486. The Morgan fingerprint density at radius 1 is 0.575 bits per heavy atom. The van der Waals surface area contributed by atoms with Crippen LogP contribution in [0.2, 0.25) is 0 Å². The molecule has 0 fully saturated rings. The van der Waals surface area contributed by atoms with Crippen molar-refractivity contribution in [1.82, 2.24) is 0 Å². The van der Waals surface area contributed by atoms with Gasteiger partial charge in [0.15, 0.2) is 0 Å². The highest BCUT2D eigenvalue weighted by Gasteiger charge is 2.14. The van der Waals surface area contributed by atoms with E-state index in [-0.39, 0.29) is 0 Å². The molecule has 0 spiro atoms. The number of nitrogens with one attached hydrogen (secondary N) is 1. The summed E-state index contributed by atoms with van der Waals surface area (Å²) in [6, 6.07) is 25.3. The van der Waals surface area contributed by atoms with Gasteiger partial charge in [0.05, 0.1) is 11.9 Å². The molecule has 0 aliphatic carbocycles. The average molecular weight is 563 g/mol. The van der Waals surface area contributed by atoms with Crippen molar-refractivity contribution in [3.63, 3.8) is 0 Å². The van der Waals surface area contributed by atoms with Crippen molar-refractivity contribution in [2.45, 2.75) is 104 Å². The monoisotopic (exact) mass is 562 g/mol. The van der Waals surface area contributed by atoms with Gasteiger partial charge in [0.25, 0.3) is 0 Å². The molecule has 218 valence electrons. The van der Waals surface area contributed by atoms with Gasteiger partial charge < -0.3 is 4.90 Å². The number of rotatable bonds is 19. The van der Waals surface area contributed by atoms with Gasteiger partial charge in [-0.2, -0.15) is 0 Å². The summed E-state index contributed by atoms with van der Waals surface area (Å²) < 4.78 is 26.4. The molecule has 40 heavy (non-hydrogen) atoms. The van der Waals surface area contributed by atoms with E-state index in [1.54, 1.807) is 6.07 Å². The second kappa shape index (κ2) is 17.1. The van der Waals surface area contributed by atoms with Crippen LogP contribution >= 0.6 is 0 Å². The number of sulfonamides is 1. The molecule has 0 saturated carbocycles. The minimum Gasteiger partial charge on any atom is -0.310 e. The van der Waals surface area contributed by atoms with E-state index < -0.39 is 10.0 Å². The van der Waals surface area contributed by atoms with Gasteiger partial charge in [0.1, 0.15) is 0 Å². The summed E-state index contributed by atoms with van der Waals surface area (Å²) in [6.45, 7) is 4.52. The predicted octanol–water partition coefficient (Wildman–Crippen LogP) is 10.3. The number of nitrogens with zero attached hydrogens (tertiary/aromatic N) is 1. The van der Waals surface area contributed by atoms with Crippen molar-refractivity contribution in [3.8, 4) is 0 Å². The molecule has 0 aliphatic rings. The maximum Gasteiger partial charge on any atom is 0.229 e. The molecule has 3 aromatic rings. The van der Waals surface area contributed by atoms with Crippen LogP contribution in [-0.4, -0.2) is 14.7 Å².